The predicted molar refractivity (Wildman–Crippen MR) is 83.3 cm³/mol. The normalized spacial score (nSPS) is 11.8. The van der Waals surface area contributed by atoms with Gasteiger partial charge in [-0.25, -0.2) is 13.2 Å². The lowest BCUT2D eigenvalue weighted by Gasteiger charge is -2.05. The lowest BCUT2D eigenvalue weighted by atomic mass is 10.3. The Morgan fingerprint density at radius 3 is 2.22 bits per heavy atom. The third kappa shape index (κ3) is 4.65. The SMILES string of the molecule is O=C(NC/C=C(\F)S(=O)(=O)c1ccccc1)Oc1ccccc1. The van der Waals surface area contributed by atoms with Crippen LogP contribution in [0.3, 0.4) is 0 Å². The minimum Gasteiger partial charge on any atom is -0.410 e. The lowest BCUT2D eigenvalue weighted by Crippen LogP contribution is -2.27. The molecule has 1 amide bonds. The van der Waals surface area contributed by atoms with Gasteiger partial charge in [0, 0.05) is 6.54 Å². The van der Waals surface area contributed by atoms with Crippen LogP contribution < -0.4 is 10.1 Å². The van der Waals surface area contributed by atoms with E-state index in [4.69, 9.17) is 4.74 Å². The summed E-state index contributed by atoms with van der Waals surface area (Å²) in [4.78, 5) is 11.3. The molecule has 2 aromatic carbocycles. The Morgan fingerprint density at radius 1 is 1.04 bits per heavy atom. The first kappa shape index (κ1) is 16.7. The van der Waals surface area contributed by atoms with Crippen molar-refractivity contribution in [2.75, 3.05) is 6.54 Å². The second-order valence-corrected chi connectivity index (χ2v) is 6.28. The van der Waals surface area contributed by atoms with Crippen molar-refractivity contribution < 1.29 is 22.3 Å². The molecule has 2 aromatic rings. The molecule has 0 saturated heterocycles. The molecule has 5 nitrogen and oxygen atoms in total. The molecule has 0 atom stereocenters. The molecule has 120 valence electrons. The number of carbonyl (C=O) groups is 1. The number of hydrogen-bond acceptors (Lipinski definition) is 4. The van der Waals surface area contributed by atoms with E-state index in [-0.39, 0.29) is 11.4 Å². The number of benzene rings is 2. The lowest BCUT2D eigenvalue weighted by molar-refractivity contribution is 0.201. The van der Waals surface area contributed by atoms with Crippen molar-refractivity contribution in [3.05, 3.63) is 71.9 Å². The molecule has 1 N–H and O–H groups in total. The second kappa shape index (κ2) is 7.55. The third-order valence-electron chi connectivity index (χ3n) is 2.77. The van der Waals surface area contributed by atoms with E-state index in [2.05, 4.69) is 5.32 Å². The number of para-hydroxylation sites is 1. The first-order valence-corrected chi connectivity index (χ1v) is 8.15. The van der Waals surface area contributed by atoms with Crippen LogP contribution in [0, 0.1) is 0 Å². The molecule has 0 spiro atoms. The maximum atomic E-state index is 13.8. The van der Waals surface area contributed by atoms with Gasteiger partial charge < -0.3 is 10.1 Å². The number of sulfone groups is 1. The van der Waals surface area contributed by atoms with Crippen LogP contribution in [0.15, 0.2) is 76.8 Å². The first-order valence-electron chi connectivity index (χ1n) is 6.66. The minimum atomic E-state index is -4.19. The fraction of sp³-hybridized carbons (Fsp3) is 0.0625. The summed E-state index contributed by atoms with van der Waals surface area (Å²) in [7, 11) is -4.19. The Bertz CT molecular complexity index is 789. The number of carbonyl (C=O) groups excluding carboxylic acids is 1. The van der Waals surface area contributed by atoms with Crippen molar-refractivity contribution in [3.63, 3.8) is 0 Å². The summed E-state index contributed by atoms with van der Waals surface area (Å²) >= 11 is 0. The van der Waals surface area contributed by atoms with E-state index in [0.29, 0.717) is 5.75 Å². The van der Waals surface area contributed by atoms with Gasteiger partial charge >= 0.3 is 6.09 Å². The average molecular weight is 335 g/mol. The number of nitrogens with one attached hydrogen (secondary N) is 1. The summed E-state index contributed by atoms with van der Waals surface area (Å²) in [5.74, 6) is 0.325. The summed E-state index contributed by atoms with van der Waals surface area (Å²) < 4.78 is 42.6. The Balaban J connectivity index is 1.94. The van der Waals surface area contributed by atoms with Gasteiger partial charge in [0.05, 0.1) is 4.90 Å². The number of ether oxygens (including phenoxy) is 1. The van der Waals surface area contributed by atoms with Crippen LogP contribution in [-0.4, -0.2) is 21.1 Å². The molecule has 0 radical (unpaired) electrons. The van der Waals surface area contributed by atoms with Gasteiger partial charge in [-0.3, -0.25) is 0 Å². The zero-order valence-electron chi connectivity index (χ0n) is 12.0. The van der Waals surface area contributed by atoms with Gasteiger partial charge in [-0.2, -0.15) is 4.39 Å². The molecule has 0 unspecified atom stereocenters. The maximum absolute atomic E-state index is 13.8. The van der Waals surface area contributed by atoms with Crippen LogP contribution in [0.5, 0.6) is 5.75 Å². The summed E-state index contributed by atoms with van der Waals surface area (Å²) in [5.41, 5.74) is 0. The van der Waals surface area contributed by atoms with E-state index in [0.717, 1.165) is 6.08 Å². The maximum Gasteiger partial charge on any atom is 0.412 e. The van der Waals surface area contributed by atoms with Crippen LogP contribution in [0.1, 0.15) is 0 Å². The number of halogens is 1. The molecular weight excluding hydrogens is 321 g/mol. The second-order valence-electron chi connectivity index (χ2n) is 4.41. The van der Waals surface area contributed by atoms with E-state index in [1.807, 2.05) is 0 Å². The molecule has 23 heavy (non-hydrogen) atoms. The van der Waals surface area contributed by atoms with Crippen molar-refractivity contribution in [2.45, 2.75) is 4.90 Å². The van der Waals surface area contributed by atoms with Crippen molar-refractivity contribution >= 4 is 15.9 Å². The molecule has 0 aliphatic rings. The van der Waals surface area contributed by atoms with Gasteiger partial charge in [-0.05, 0) is 30.3 Å². The van der Waals surface area contributed by atoms with Crippen molar-refractivity contribution in [2.24, 2.45) is 0 Å². The molecule has 0 bridgehead atoms. The van der Waals surface area contributed by atoms with Crippen molar-refractivity contribution in [3.8, 4) is 5.75 Å². The van der Waals surface area contributed by atoms with Crippen molar-refractivity contribution in [1.29, 1.82) is 0 Å². The standard InChI is InChI=1S/C16H14FNO4S/c17-15(23(20,21)14-9-5-2-6-10-14)11-12-18-16(19)22-13-7-3-1-4-8-13/h1-11H,12H2,(H,18,19)/b15-11+. The van der Waals surface area contributed by atoms with Gasteiger partial charge in [0.1, 0.15) is 5.75 Å². The van der Waals surface area contributed by atoms with Crippen molar-refractivity contribution in [1.82, 2.24) is 5.32 Å². The smallest absolute Gasteiger partial charge is 0.410 e. The highest BCUT2D eigenvalue weighted by Gasteiger charge is 2.20. The van der Waals surface area contributed by atoms with Gasteiger partial charge in [0.2, 0.25) is 15.0 Å². The summed E-state index contributed by atoms with van der Waals surface area (Å²) in [6.07, 6.45) is -0.0356. The molecule has 0 heterocycles. The van der Waals surface area contributed by atoms with E-state index in [1.54, 1.807) is 36.4 Å². The Morgan fingerprint density at radius 2 is 1.61 bits per heavy atom. The van der Waals surface area contributed by atoms with Gasteiger partial charge in [0.25, 0.3) is 0 Å². The van der Waals surface area contributed by atoms with Gasteiger partial charge in [-0.15, -0.1) is 0 Å². The van der Waals surface area contributed by atoms with E-state index in [9.17, 15) is 17.6 Å². The third-order valence-corrected chi connectivity index (χ3v) is 4.35. The highest BCUT2D eigenvalue weighted by atomic mass is 32.2. The summed E-state index contributed by atoms with van der Waals surface area (Å²) in [6.45, 7) is -0.316. The van der Waals surface area contributed by atoms with E-state index in [1.165, 1.54) is 24.3 Å². The number of hydrogen-bond donors (Lipinski definition) is 1. The topological polar surface area (TPSA) is 72.5 Å². The van der Waals surface area contributed by atoms with Crippen LogP contribution in [0.25, 0.3) is 0 Å². The quantitative estimate of drug-likeness (QED) is 0.911. The molecule has 7 heteroatoms. The van der Waals surface area contributed by atoms with Gasteiger partial charge in [0.15, 0.2) is 0 Å². The molecule has 2 rings (SSSR count). The average Bonchev–Trinajstić information content (AvgIpc) is 2.56. The van der Waals surface area contributed by atoms with Crippen LogP contribution in [0.4, 0.5) is 9.18 Å². The van der Waals surface area contributed by atoms with Crippen LogP contribution in [-0.2, 0) is 9.84 Å². The van der Waals surface area contributed by atoms with Gasteiger partial charge in [-0.1, -0.05) is 36.4 Å². The fourth-order valence-corrected chi connectivity index (χ4v) is 2.71. The number of rotatable bonds is 5. The zero-order chi connectivity index (χ0) is 16.7. The molecule has 0 fully saturated rings. The highest BCUT2D eigenvalue weighted by molar-refractivity contribution is 7.95. The summed E-state index contributed by atoms with van der Waals surface area (Å²) in [5, 5.41) is 0.914. The molecule has 0 aliphatic heterocycles. The van der Waals surface area contributed by atoms with Crippen LogP contribution in [0.2, 0.25) is 0 Å². The Hall–Kier alpha value is -2.67. The largest absolute Gasteiger partial charge is 0.412 e. The Kier molecular flexibility index (Phi) is 5.48. The van der Waals surface area contributed by atoms with E-state index < -0.39 is 21.1 Å². The molecule has 0 saturated carbocycles. The highest BCUT2D eigenvalue weighted by Crippen LogP contribution is 2.19. The molecular formula is C16H14FNO4S. The predicted octanol–water partition coefficient (Wildman–Crippen LogP) is 3.06. The molecule has 0 aliphatic carbocycles. The minimum absolute atomic E-state index is 0.152. The monoisotopic (exact) mass is 335 g/mol. The number of amides is 1. The molecule has 0 aromatic heterocycles. The van der Waals surface area contributed by atoms with E-state index >= 15 is 0 Å². The zero-order valence-corrected chi connectivity index (χ0v) is 12.8. The van der Waals surface area contributed by atoms with Crippen LogP contribution >= 0.6 is 0 Å². The first-order chi connectivity index (χ1) is 11.0. The Labute approximate surface area is 133 Å². The summed E-state index contributed by atoms with van der Waals surface area (Å²) in [6, 6.07) is 15.5. The fourth-order valence-electron chi connectivity index (χ4n) is 1.67.